The van der Waals surface area contributed by atoms with E-state index in [1.54, 1.807) is 36.5 Å². The number of nitro benzene ring substituents is 1. The van der Waals surface area contributed by atoms with Gasteiger partial charge in [-0.3, -0.25) is 15.5 Å². The fourth-order valence-electron chi connectivity index (χ4n) is 2.56. The first kappa shape index (κ1) is 21.4. The van der Waals surface area contributed by atoms with Crippen LogP contribution in [0, 0.1) is 10.1 Å². The summed E-state index contributed by atoms with van der Waals surface area (Å²) in [5.41, 5.74) is 4.92. The van der Waals surface area contributed by atoms with Crippen molar-refractivity contribution in [3.8, 4) is 11.5 Å². The van der Waals surface area contributed by atoms with Gasteiger partial charge in [-0.2, -0.15) is 5.10 Å². The Bertz CT molecular complexity index is 1070. The standard InChI is InChI=1S/C21H17Cl2N3O4/c1-29-20-11-14(12-24-25-16-6-8-17(9-7-16)26(27)28)10-19(23)21(20)30-13-15-4-2-3-5-18(15)22/h2-12,25H,13H2,1H3/b24-12+. The minimum Gasteiger partial charge on any atom is -0.493 e. The van der Waals surface area contributed by atoms with E-state index in [1.807, 2.05) is 18.2 Å². The Kier molecular flexibility index (Phi) is 7.11. The van der Waals surface area contributed by atoms with Gasteiger partial charge in [0.15, 0.2) is 11.5 Å². The summed E-state index contributed by atoms with van der Waals surface area (Å²) in [6.45, 7) is 0.241. The number of anilines is 1. The van der Waals surface area contributed by atoms with Crippen molar-refractivity contribution in [2.24, 2.45) is 5.10 Å². The van der Waals surface area contributed by atoms with Gasteiger partial charge in [0.1, 0.15) is 6.61 Å². The van der Waals surface area contributed by atoms with Gasteiger partial charge < -0.3 is 9.47 Å². The number of nitro groups is 1. The van der Waals surface area contributed by atoms with E-state index in [1.165, 1.54) is 19.2 Å². The second-order valence-corrected chi connectivity index (χ2v) is 6.90. The number of benzene rings is 3. The minimum atomic E-state index is -0.462. The third-order valence-electron chi connectivity index (χ3n) is 4.07. The maximum Gasteiger partial charge on any atom is 0.269 e. The van der Waals surface area contributed by atoms with E-state index in [2.05, 4.69) is 10.5 Å². The van der Waals surface area contributed by atoms with Crippen LogP contribution in [0.3, 0.4) is 0 Å². The largest absolute Gasteiger partial charge is 0.493 e. The van der Waals surface area contributed by atoms with Crippen LogP contribution < -0.4 is 14.9 Å². The Labute approximate surface area is 183 Å². The molecule has 1 N–H and O–H groups in total. The summed E-state index contributed by atoms with van der Waals surface area (Å²) in [6.07, 6.45) is 1.55. The molecular weight excluding hydrogens is 429 g/mol. The van der Waals surface area contributed by atoms with Crippen LogP contribution in [0.5, 0.6) is 11.5 Å². The van der Waals surface area contributed by atoms with Crippen molar-refractivity contribution < 1.29 is 14.4 Å². The smallest absolute Gasteiger partial charge is 0.269 e. The third-order valence-corrected chi connectivity index (χ3v) is 4.72. The van der Waals surface area contributed by atoms with Crippen molar-refractivity contribution in [3.05, 3.63) is 92.0 Å². The highest BCUT2D eigenvalue weighted by molar-refractivity contribution is 6.32. The highest BCUT2D eigenvalue weighted by Crippen LogP contribution is 2.37. The van der Waals surface area contributed by atoms with Crippen molar-refractivity contribution in [1.82, 2.24) is 0 Å². The Morgan fingerprint density at radius 2 is 1.83 bits per heavy atom. The second kappa shape index (κ2) is 9.96. The maximum absolute atomic E-state index is 10.7. The number of nitrogens with zero attached hydrogens (tertiary/aromatic N) is 2. The van der Waals surface area contributed by atoms with Crippen molar-refractivity contribution in [1.29, 1.82) is 0 Å². The van der Waals surface area contributed by atoms with Gasteiger partial charge in [0.25, 0.3) is 5.69 Å². The van der Waals surface area contributed by atoms with E-state index in [0.29, 0.717) is 32.8 Å². The molecule has 0 unspecified atom stereocenters. The predicted molar refractivity (Wildman–Crippen MR) is 118 cm³/mol. The Balaban J connectivity index is 1.70. The summed E-state index contributed by atoms with van der Waals surface area (Å²) in [7, 11) is 1.52. The molecule has 0 heterocycles. The molecule has 3 rings (SSSR count). The molecule has 0 spiro atoms. The van der Waals surface area contributed by atoms with E-state index in [0.717, 1.165) is 5.56 Å². The molecule has 0 amide bonds. The van der Waals surface area contributed by atoms with Crippen molar-refractivity contribution in [2.45, 2.75) is 6.61 Å². The van der Waals surface area contributed by atoms with Crippen LogP contribution in [0.25, 0.3) is 0 Å². The van der Waals surface area contributed by atoms with Crippen LogP contribution in [0.15, 0.2) is 65.8 Å². The van der Waals surface area contributed by atoms with Crippen LogP contribution in [0.4, 0.5) is 11.4 Å². The molecule has 0 atom stereocenters. The lowest BCUT2D eigenvalue weighted by Gasteiger charge is -2.14. The average molecular weight is 446 g/mol. The molecule has 0 saturated carbocycles. The zero-order valence-electron chi connectivity index (χ0n) is 15.8. The lowest BCUT2D eigenvalue weighted by atomic mass is 10.2. The number of ether oxygens (including phenoxy) is 2. The van der Waals surface area contributed by atoms with Crippen LogP contribution >= 0.6 is 23.2 Å². The maximum atomic E-state index is 10.7. The van der Waals surface area contributed by atoms with E-state index < -0.39 is 4.92 Å². The first-order valence-electron chi connectivity index (χ1n) is 8.75. The molecule has 0 aliphatic rings. The molecular formula is C21H17Cl2N3O4. The molecule has 0 saturated heterocycles. The van der Waals surface area contributed by atoms with Crippen molar-refractivity contribution >= 4 is 40.8 Å². The van der Waals surface area contributed by atoms with Gasteiger partial charge in [-0.05, 0) is 35.9 Å². The summed E-state index contributed by atoms with van der Waals surface area (Å²) in [5.74, 6) is 0.853. The van der Waals surface area contributed by atoms with Crippen molar-refractivity contribution in [2.75, 3.05) is 12.5 Å². The van der Waals surface area contributed by atoms with Crippen LogP contribution in [-0.4, -0.2) is 18.2 Å². The van der Waals surface area contributed by atoms with Gasteiger partial charge >= 0.3 is 0 Å². The molecule has 0 bridgehead atoms. The summed E-state index contributed by atoms with van der Waals surface area (Å²) in [4.78, 5) is 10.2. The Hall–Kier alpha value is -3.29. The fourth-order valence-corrected chi connectivity index (χ4v) is 3.02. The van der Waals surface area contributed by atoms with Crippen LogP contribution in [0.1, 0.15) is 11.1 Å². The van der Waals surface area contributed by atoms with Crippen LogP contribution in [0.2, 0.25) is 10.0 Å². The van der Waals surface area contributed by atoms with E-state index in [4.69, 9.17) is 32.7 Å². The van der Waals surface area contributed by atoms with E-state index in [-0.39, 0.29) is 12.3 Å². The number of non-ortho nitro benzene ring substituents is 1. The highest BCUT2D eigenvalue weighted by atomic mass is 35.5. The molecule has 7 nitrogen and oxygen atoms in total. The monoisotopic (exact) mass is 445 g/mol. The lowest BCUT2D eigenvalue weighted by molar-refractivity contribution is -0.384. The van der Waals surface area contributed by atoms with E-state index >= 15 is 0 Å². The zero-order chi connectivity index (χ0) is 21.5. The van der Waals surface area contributed by atoms with Gasteiger partial charge in [0.2, 0.25) is 0 Å². The SMILES string of the molecule is COc1cc(/C=N/Nc2ccc([N+](=O)[O-])cc2)cc(Cl)c1OCc1ccccc1Cl. The average Bonchev–Trinajstić information content (AvgIpc) is 2.74. The molecule has 0 aliphatic carbocycles. The molecule has 3 aromatic rings. The number of hydrogen-bond donors (Lipinski definition) is 1. The third kappa shape index (κ3) is 5.40. The number of nitrogens with one attached hydrogen (secondary N) is 1. The summed E-state index contributed by atoms with van der Waals surface area (Å²) < 4.78 is 11.2. The number of hydrogen-bond acceptors (Lipinski definition) is 6. The summed E-state index contributed by atoms with van der Waals surface area (Å²) in [5, 5.41) is 15.8. The zero-order valence-corrected chi connectivity index (χ0v) is 17.4. The number of halogens is 2. The van der Waals surface area contributed by atoms with Gasteiger partial charge in [0, 0.05) is 22.7 Å². The topological polar surface area (TPSA) is 86.0 Å². The Morgan fingerprint density at radius 1 is 1.10 bits per heavy atom. The number of methoxy groups -OCH3 is 1. The first-order chi connectivity index (χ1) is 14.5. The molecule has 30 heavy (non-hydrogen) atoms. The molecule has 3 aromatic carbocycles. The van der Waals surface area contributed by atoms with Crippen molar-refractivity contribution in [3.63, 3.8) is 0 Å². The molecule has 9 heteroatoms. The highest BCUT2D eigenvalue weighted by Gasteiger charge is 2.12. The number of rotatable bonds is 8. The lowest BCUT2D eigenvalue weighted by Crippen LogP contribution is -2.00. The normalized spacial score (nSPS) is 10.8. The quantitative estimate of drug-likeness (QED) is 0.263. The Morgan fingerprint density at radius 3 is 2.50 bits per heavy atom. The first-order valence-corrected chi connectivity index (χ1v) is 9.51. The molecule has 0 aromatic heterocycles. The molecule has 0 aliphatic heterocycles. The fraction of sp³-hybridized carbons (Fsp3) is 0.0952. The van der Waals surface area contributed by atoms with Gasteiger partial charge in [0.05, 0.1) is 29.0 Å². The van der Waals surface area contributed by atoms with Gasteiger partial charge in [-0.1, -0.05) is 41.4 Å². The number of hydrazone groups is 1. The molecule has 0 fully saturated rings. The summed E-state index contributed by atoms with van der Waals surface area (Å²) >= 11 is 12.5. The van der Waals surface area contributed by atoms with Gasteiger partial charge in [-0.15, -0.1) is 0 Å². The van der Waals surface area contributed by atoms with E-state index in [9.17, 15) is 10.1 Å². The second-order valence-electron chi connectivity index (χ2n) is 6.09. The molecule has 154 valence electrons. The summed E-state index contributed by atoms with van der Waals surface area (Å²) in [6, 6.07) is 16.7. The van der Waals surface area contributed by atoms with Gasteiger partial charge in [-0.25, -0.2) is 0 Å². The predicted octanol–water partition coefficient (Wildman–Crippen LogP) is 5.94. The minimum absolute atomic E-state index is 0.00780. The van der Waals surface area contributed by atoms with Crippen LogP contribution in [-0.2, 0) is 6.61 Å². The molecule has 0 radical (unpaired) electrons.